The van der Waals surface area contributed by atoms with Crippen LogP contribution in [0, 0.1) is 11.8 Å². The Morgan fingerprint density at radius 2 is 2.16 bits per heavy atom. The number of amides is 2. The number of carbonyl (C=O) groups is 3. The third kappa shape index (κ3) is 3.16. The zero-order valence-electron chi connectivity index (χ0n) is 17.8. The van der Waals surface area contributed by atoms with Gasteiger partial charge in [-0.15, -0.1) is 6.58 Å². The van der Waals surface area contributed by atoms with E-state index in [4.69, 9.17) is 16.3 Å². The number of halogens is 1. The van der Waals surface area contributed by atoms with E-state index in [1.807, 2.05) is 6.92 Å². The van der Waals surface area contributed by atoms with Crippen LogP contribution in [0.5, 0.6) is 0 Å². The second kappa shape index (κ2) is 8.50. The van der Waals surface area contributed by atoms with Crippen LogP contribution in [-0.2, 0) is 19.1 Å². The topological polar surface area (TPSA) is 107 Å². The number of para-hydroxylation sites is 1. The number of aliphatic hydroxyl groups excluding tert-OH is 1. The van der Waals surface area contributed by atoms with Gasteiger partial charge < -0.3 is 24.7 Å². The summed E-state index contributed by atoms with van der Waals surface area (Å²) in [5.74, 6) is -3.95. The highest BCUT2D eigenvalue weighted by Gasteiger charge is 2.75. The quantitative estimate of drug-likeness (QED) is 0.573. The van der Waals surface area contributed by atoms with Crippen LogP contribution in [-0.4, -0.2) is 69.8 Å². The number of hydrogen-bond donors (Lipinski definition) is 2. The second-order valence-electron chi connectivity index (χ2n) is 8.57. The minimum Gasteiger partial charge on any atom is -0.481 e. The number of ether oxygens (including phenoxy) is 1. The zero-order chi connectivity index (χ0) is 23.2. The van der Waals surface area contributed by atoms with Crippen LogP contribution in [0.15, 0.2) is 36.9 Å². The van der Waals surface area contributed by atoms with Crippen molar-refractivity contribution in [2.75, 3.05) is 18.1 Å². The van der Waals surface area contributed by atoms with Crippen molar-refractivity contribution in [1.82, 2.24) is 4.90 Å². The number of carbonyl (C=O) groups excluding carboxylic acids is 2. The summed E-state index contributed by atoms with van der Waals surface area (Å²) in [6.45, 7) is 5.36. The first-order chi connectivity index (χ1) is 15.3. The van der Waals surface area contributed by atoms with Gasteiger partial charge in [0.25, 0.3) is 5.91 Å². The van der Waals surface area contributed by atoms with Gasteiger partial charge in [0.1, 0.15) is 11.6 Å². The van der Waals surface area contributed by atoms with E-state index in [0.29, 0.717) is 30.0 Å². The smallest absolute Gasteiger partial charge is 0.310 e. The van der Waals surface area contributed by atoms with Crippen molar-refractivity contribution < 1.29 is 29.3 Å². The SMILES string of the molecule is C=CCN(C(=O)C1N([C@@H](CC)CO)C(=O)[C@@H]2[C@H](C(=O)O)[C@@H]3CCC12O3)c1ccccc1Cl. The predicted octanol–water partition coefficient (Wildman–Crippen LogP) is 2.09. The van der Waals surface area contributed by atoms with E-state index in [-0.39, 0.29) is 13.2 Å². The summed E-state index contributed by atoms with van der Waals surface area (Å²) >= 11 is 6.38. The third-order valence-electron chi connectivity index (χ3n) is 7.05. The van der Waals surface area contributed by atoms with E-state index < -0.39 is 53.4 Å². The molecule has 2 unspecified atom stereocenters. The van der Waals surface area contributed by atoms with Crippen molar-refractivity contribution in [3.05, 3.63) is 41.9 Å². The van der Waals surface area contributed by atoms with Crippen molar-refractivity contribution in [2.24, 2.45) is 11.8 Å². The summed E-state index contributed by atoms with van der Waals surface area (Å²) in [6.07, 6.45) is 2.22. The molecule has 3 fully saturated rings. The highest BCUT2D eigenvalue weighted by atomic mass is 35.5. The molecule has 6 atom stereocenters. The highest BCUT2D eigenvalue weighted by Crippen LogP contribution is 2.59. The molecule has 32 heavy (non-hydrogen) atoms. The molecule has 1 spiro atoms. The number of likely N-dealkylation sites (tertiary alicyclic amines) is 1. The summed E-state index contributed by atoms with van der Waals surface area (Å²) in [5.41, 5.74) is -0.781. The Morgan fingerprint density at radius 3 is 2.75 bits per heavy atom. The molecule has 1 aromatic carbocycles. The molecule has 0 aromatic heterocycles. The van der Waals surface area contributed by atoms with Crippen LogP contribution in [0.4, 0.5) is 5.69 Å². The van der Waals surface area contributed by atoms with Gasteiger partial charge in [0.2, 0.25) is 5.91 Å². The molecule has 172 valence electrons. The predicted molar refractivity (Wildman–Crippen MR) is 117 cm³/mol. The summed E-state index contributed by atoms with van der Waals surface area (Å²) in [7, 11) is 0. The van der Waals surface area contributed by atoms with E-state index >= 15 is 0 Å². The average molecular weight is 463 g/mol. The van der Waals surface area contributed by atoms with Crippen molar-refractivity contribution in [3.8, 4) is 0 Å². The fourth-order valence-corrected chi connectivity index (χ4v) is 5.95. The number of rotatable bonds is 8. The molecule has 0 aliphatic carbocycles. The van der Waals surface area contributed by atoms with Crippen LogP contribution in [0.3, 0.4) is 0 Å². The maximum absolute atomic E-state index is 14.1. The Kier molecular flexibility index (Phi) is 6.04. The first kappa shape index (κ1) is 22.8. The van der Waals surface area contributed by atoms with Gasteiger partial charge in [-0.05, 0) is 31.4 Å². The molecule has 0 saturated carbocycles. The maximum atomic E-state index is 14.1. The largest absolute Gasteiger partial charge is 0.481 e. The Morgan fingerprint density at radius 1 is 1.44 bits per heavy atom. The second-order valence-corrected chi connectivity index (χ2v) is 8.98. The maximum Gasteiger partial charge on any atom is 0.310 e. The highest BCUT2D eigenvalue weighted by molar-refractivity contribution is 6.34. The fourth-order valence-electron chi connectivity index (χ4n) is 5.71. The van der Waals surface area contributed by atoms with Gasteiger partial charge in [0.05, 0.1) is 41.3 Å². The number of benzene rings is 1. The molecule has 3 aliphatic heterocycles. The lowest BCUT2D eigenvalue weighted by Gasteiger charge is -2.39. The molecule has 3 heterocycles. The Labute approximate surface area is 191 Å². The summed E-state index contributed by atoms with van der Waals surface area (Å²) < 4.78 is 6.19. The Bertz CT molecular complexity index is 950. The molecule has 3 saturated heterocycles. The molecule has 2 N–H and O–H groups in total. The van der Waals surface area contributed by atoms with Gasteiger partial charge in [-0.25, -0.2) is 0 Å². The summed E-state index contributed by atoms with van der Waals surface area (Å²) in [5, 5.41) is 20.2. The normalized spacial score (nSPS) is 31.5. The lowest BCUT2D eigenvalue weighted by atomic mass is 9.70. The Balaban J connectivity index is 1.84. The first-order valence-electron chi connectivity index (χ1n) is 10.8. The number of carboxylic acid groups (broad SMARTS) is 1. The standard InChI is InChI=1S/C23H27ClN2O6/c1-3-11-25(15-8-6-5-7-14(15)24)21(29)19-23-10-9-16(32-23)17(22(30)31)18(23)20(28)26(19)13(4-2)12-27/h3,5-8,13,16-19,27H,1,4,9-12H2,2H3,(H,30,31)/t13-,16-,17+,18-,19?,23?/m0/s1. The van der Waals surface area contributed by atoms with Crippen LogP contribution < -0.4 is 4.90 Å². The van der Waals surface area contributed by atoms with Gasteiger partial charge in [-0.2, -0.15) is 0 Å². The van der Waals surface area contributed by atoms with Gasteiger partial charge in [0.15, 0.2) is 0 Å². The molecule has 2 amide bonds. The van der Waals surface area contributed by atoms with E-state index in [9.17, 15) is 24.6 Å². The average Bonchev–Trinajstić information content (AvgIpc) is 3.41. The van der Waals surface area contributed by atoms with Gasteiger partial charge in [-0.3, -0.25) is 14.4 Å². The monoisotopic (exact) mass is 462 g/mol. The van der Waals surface area contributed by atoms with Gasteiger partial charge in [0, 0.05) is 6.54 Å². The number of hydrogen-bond acceptors (Lipinski definition) is 5. The first-order valence-corrected chi connectivity index (χ1v) is 11.2. The summed E-state index contributed by atoms with van der Waals surface area (Å²) in [6, 6.07) is 5.17. The number of aliphatic hydroxyl groups is 1. The molecule has 3 aliphatic rings. The number of carboxylic acids is 1. The molecule has 9 heteroatoms. The molecule has 1 aromatic rings. The van der Waals surface area contributed by atoms with Crippen LogP contribution in [0.2, 0.25) is 5.02 Å². The molecule has 8 nitrogen and oxygen atoms in total. The number of aliphatic carboxylic acids is 1. The van der Waals surface area contributed by atoms with Crippen LogP contribution in [0.1, 0.15) is 26.2 Å². The van der Waals surface area contributed by atoms with Crippen LogP contribution >= 0.6 is 11.6 Å². The van der Waals surface area contributed by atoms with Gasteiger partial charge >= 0.3 is 5.97 Å². The molecule has 0 radical (unpaired) electrons. The lowest BCUT2D eigenvalue weighted by molar-refractivity contribution is -0.151. The minimum absolute atomic E-state index is 0.142. The number of nitrogens with zero attached hydrogens (tertiary/aromatic N) is 2. The van der Waals surface area contributed by atoms with E-state index in [0.717, 1.165) is 0 Å². The minimum atomic E-state index is -1.24. The number of anilines is 1. The van der Waals surface area contributed by atoms with E-state index in [1.54, 1.807) is 30.3 Å². The van der Waals surface area contributed by atoms with Crippen LogP contribution in [0.25, 0.3) is 0 Å². The molecule has 2 bridgehead atoms. The number of fused-ring (bicyclic) bond motifs is 1. The van der Waals surface area contributed by atoms with E-state index in [1.165, 1.54) is 9.80 Å². The molecular formula is C23H27ClN2O6. The Hall–Kier alpha value is -2.42. The van der Waals surface area contributed by atoms with Crippen molar-refractivity contribution in [1.29, 1.82) is 0 Å². The fraction of sp³-hybridized carbons (Fsp3) is 0.522. The zero-order valence-corrected chi connectivity index (χ0v) is 18.6. The lowest BCUT2D eigenvalue weighted by Crippen LogP contribution is -2.59. The molecular weight excluding hydrogens is 436 g/mol. The molecule has 4 rings (SSSR count). The van der Waals surface area contributed by atoms with Crippen molar-refractivity contribution >= 4 is 35.1 Å². The van der Waals surface area contributed by atoms with Crippen molar-refractivity contribution in [2.45, 2.75) is 50.0 Å². The van der Waals surface area contributed by atoms with Gasteiger partial charge in [-0.1, -0.05) is 36.7 Å². The third-order valence-corrected chi connectivity index (χ3v) is 7.37. The van der Waals surface area contributed by atoms with E-state index in [2.05, 4.69) is 6.58 Å². The summed E-state index contributed by atoms with van der Waals surface area (Å²) in [4.78, 5) is 42.6. The van der Waals surface area contributed by atoms with Crippen molar-refractivity contribution in [3.63, 3.8) is 0 Å².